The molecule has 0 radical (unpaired) electrons. The average molecular weight is 279 g/mol. The maximum atomic E-state index is 11.1. The van der Waals surface area contributed by atoms with E-state index < -0.39 is 0 Å². The Morgan fingerprint density at radius 2 is 2.05 bits per heavy atom. The number of thioether (sulfide) groups is 1. The van der Waals surface area contributed by atoms with Gasteiger partial charge in [0, 0.05) is 12.6 Å². The molecular weight excluding hydrogens is 266 g/mol. The number of aromatic hydroxyl groups is 1. The van der Waals surface area contributed by atoms with Gasteiger partial charge < -0.3 is 14.4 Å². The first kappa shape index (κ1) is 13.4. The number of carbonyl (C=O) groups is 1. The van der Waals surface area contributed by atoms with E-state index in [1.165, 1.54) is 18.9 Å². The predicted octanol–water partition coefficient (Wildman–Crippen LogP) is 1.45. The second-order valence-corrected chi connectivity index (χ2v) is 4.72. The van der Waals surface area contributed by atoms with Gasteiger partial charge in [0.2, 0.25) is 0 Å². The summed E-state index contributed by atoms with van der Waals surface area (Å²) in [5, 5.41) is 18.0. The van der Waals surface area contributed by atoms with Crippen LogP contribution in [0.2, 0.25) is 0 Å². The fourth-order valence-electron chi connectivity index (χ4n) is 1.48. The molecule has 0 aliphatic carbocycles. The number of rotatable bonds is 4. The first-order valence-electron chi connectivity index (χ1n) is 5.50. The van der Waals surface area contributed by atoms with Crippen molar-refractivity contribution < 1.29 is 14.6 Å². The zero-order chi connectivity index (χ0) is 13.8. The summed E-state index contributed by atoms with van der Waals surface area (Å²) in [4.78, 5) is 11.1. The van der Waals surface area contributed by atoms with Gasteiger partial charge in [0.15, 0.2) is 11.0 Å². The van der Waals surface area contributed by atoms with Gasteiger partial charge in [0.05, 0.1) is 12.9 Å². The van der Waals surface area contributed by atoms with E-state index in [2.05, 4.69) is 14.9 Å². The Hall–Kier alpha value is -2.02. The van der Waals surface area contributed by atoms with Crippen molar-refractivity contribution in [2.75, 3.05) is 12.9 Å². The van der Waals surface area contributed by atoms with Crippen LogP contribution in [0.15, 0.2) is 29.4 Å². The van der Waals surface area contributed by atoms with Crippen LogP contribution in [0.1, 0.15) is 0 Å². The van der Waals surface area contributed by atoms with Crippen LogP contribution >= 0.6 is 11.8 Å². The van der Waals surface area contributed by atoms with Crippen molar-refractivity contribution >= 4 is 17.7 Å². The van der Waals surface area contributed by atoms with Gasteiger partial charge in [-0.2, -0.15) is 0 Å². The van der Waals surface area contributed by atoms with E-state index >= 15 is 0 Å². The molecular formula is C12H13N3O3S. The van der Waals surface area contributed by atoms with Crippen molar-refractivity contribution in [2.45, 2.75) is 5.16 Å². The summed E-state index contributed by atoms with van der Waals surface area (Å²) in [6.07, 6.45) is 0. The molecule has 0 saturated heterocycles. The molecule has 19 heavy (non-hydrogen) atoms. The summed E-state index contributed by atoms with van der Waals surface area (Å²) in [5.74, 6) is 0.760. The van der Waals surface area contributed by atoms with Crippen molar-refractivity contribution in [3.63, 3.8) is 0 Å². The lowest BCUT2D eigenvalue weighted by Gasteiger charge is -2.03. The van der Waals surface area contributed by atoms with E-state index in [1.807, 2.05) is 7.05 Å². The van der Waals surface area contributed by atoms with Crippen LogP contribution in [-0.2, 0) is 16.6 Å². The summed E-state index contributed by atoms with van der Waals surface area (Å²) in [6.45, 7) is 0. The van der Waals surface area contributed by atoms with E-state index in [0.717, 1.165) is 5.56 Å². The molecule has 1 aromatic heterocycles. The molecule has 0 spiro atoms. The fourth-order valence-corrected chi connectivity index (χ4v) is 2.23. The molecule has 6 nitrogen and oxygen atoms in total. The summed E-state index contributed by atoms with van der Waals surface area (Å²) in [6, 6.07) is 6.69. The van der Waals surface area contributed by atoms with Crippen LogP contribution in [0.3, 0.4) is 0 Å². The van der Waals surface area contributed by atoms with E-state index in [4.69, 9.17) is 0 Å². The number of esters is 1. The number of benzene rings is 1. The number of ether oxygens (including phenoxy) is 1. The number of carbonyl (C=O) groups excluding carboxylic acids is 1. The number of phenolic OH excluding ortho intramolecular Hbond substituents is 1. The largest absolute Gasteiger partial charge is 0.508 e. The summed E-state index contributed by atoms with van der Waals surface area (Å²) < 4.78 is 6.36. The smallest absolute Gasteiger partial charge is 0.316 e. The third-order valence-electron chi connectivity index (χ3n) is 2.51. The van der Waals surface area contributed by atoms with Gasteiger partial charge in [0.1, 0.15) is 5.75 Å². The summed E-state index contributed by atoms with van der Waals surface area (Å²) >= 11 is 1.26. The van der Waals surface area contributed by atoms with Crippen LogP contribution in [0, 0.1) is 0 Å². The van der Waals surface area contributed by atoms with Crippen LogP contribution in [0.5, 0.6) is 5.75 Å². The van der Waals surface area contributed by atoms with Crippen molar-refractivity contribution in [1.29, 1.82) is 0 Å². The second kappa shape index (κ2) is 5.75. The van der Waals surface area contributed by atoms with Crippen LogP contribution in [0.4, 0.5) is 0 Å². The molecule has 2 rings (SSSR count). The van der Waals surface area contributed by atoms with Crippen LogP contribution in [0.25, 0.3) is 11.4 Å². The summed E-state index contributed by atoms with van der Waals surface area (Å²) in [7, 11) is 3.17. The van der Waals surface area contributed by atoms with Gasteiger partial charge >= 0.3 is 5.97 Å². The van der Waals surface area contributed by atoms with Gasteiger partial charge in [-0.1, -0.05) is 11.8 Å². The van der Waals surface area contributed by atoms with Crippen molar-refractivity contribution in [2.24, 2.45) is 7.05 Å². The summed E-state index contributed by atoms with van der Waals surface area (Å²) in [5.41, 5.74) is 0.845. The van der Waals surface area contributed by atoms with Crippen LogP contribution < -0.4 is 0 Å². The molecule has 0 aliphatic heterocycles. The van der Waals surface area contributed by atoms with E-state index in [1.54, 1.807) is 28.8 Å². The topological polar surface area (TPSA) is 77.2 Å². The molecule has 1 N–H and O–H groups in total. The van der Waals surface area contributed by atoms with Gasteiger partial charge in [-0.25, -0.2) is 0 Å². The first-order valence-corrected chi connectivity index (χ1v) is 6.49. The number of nitrogens with zero attached hydrogens (tertiary/aromatic N) is 3. The highest BCUT2D eigenvalue weighted by Gasteiger charge is 2.12. The molecule has 1 aromatic carbocycles. The lowest BCUT2D eigenvalue weighted by atomic mass is 10.2. The van der Waals surface area contributed by atoms with Gasteiger partial charge in [-0.3, -0.25) is 4.79 Å². The average Bonchev–Trinajstić information content (AvgIpc) is 2.78. The molecule has 100 valence electrons. The zero-order valence-electron chi connectivity index (χ0n) is 10.5. The van der Waals surface area contributed by atoms with Gasteiger partial charge in [-0.15, -0.1) is 10.2 Å². The molecule has 2 aromatic rings. The molecule has 0 unspecified atom stereocenters. The third kappa shape index (κ3) is 3.05. The zero-order valence-corrected chi connectivity index (χ0v) is 11.3. The molecule has 0 fully saturated rings. The number of hydrogen-bond donors (Lipinski definition) is 1. The van der Waals surface area contributed by atoms with Crippen molar-refractivity contribution in [1.82, 2.24) is 14.8 Å². The first-order chi connectivity index (χ1) is 9.11. The molecule has 0 saturated carbocycles. The quantitative estimate of drug-likeness (QED) is 0.674. The maximum Gasteiger partial charge on any atom is 0.316 e. The monoisotopic (exact) mass is 279 g/mol. The maximum absolute atomic E-state index is 11.1. The van der Waals surface area contributed by atoms with E-state index in [0.29, 0.717) is 11.0 Å². The van der Waals surface area contributed by atoms with Gasteiger partial charge in [0.25, 0.3) is 0 Å². The minimum atomic E-state index is -0.306. The number of hydrogen-bond acceptors (Lipinski definition) is 6. The Balaban J connectivity index is 2.18. The lowest BCUT2D eigenvalue weighted by molar-refractivity contribution is -0.137. The van der Waals surface area contributed by atoms with E-state index in [-0.39, 0.29) is 17.5 Å². The lowest BCUT2D eigenvalue weighted by Crippen LogP contribution is -2.04. The third-order valence-corrected chi connectivity index (χ3v) is 3.50. The second-order valence-electron chi connectivity index (χ2n) is 3.78. The van der Waals surface area contributed by atoms with Crippen molar-refractivity contribution in [3.8, 4) is 17.1 Å². The Morgan fingerprint density at radius 3 is 2.68 bits per heavy atom. The number of phenols is 1. The highest BCUT2D eigenvalue weighted by Crippen LogP contribution is 2.23. The molecule has 7 heteroatoms. The molecule has 0 amide bonds. The van der Waals surface area contributed by atoms with Gasteiger partial charge in [-0.05, 0) is 24.3 Å². The Labute approximate surface area is 114 Å². The minimum Gasteiger partial charge on any atom is -0.508 e. The standard InChI is InChI=1S/C12H13N3O3S/c1-15-11(8-3-5-9(16)6-4-8)13-14-12(15)19-7-10(17)18-2/h3-6,16H,7H2,1-2H3. The predicted molar refractivity (Wildman–Crippen MR) is 70.8 cm³/mol. The normalized spacial score (nSPS) is 10.4. The SMILES string of the molecule is COC(=O)CSc1nnc(-c2ccc(O)cc2)n1C. The van der Waals surface area contributed by atoms with Crippen molar-refractivity contribution in [3.05, 3.63) is 24.3 Å². The highest BCUT2D eigenvalue weighted by atomic mass is 32.2. The van der Waals surface area contributed by atoms with E-state index in [9.17, 15) is 9.90 Å². The number of methoxy groups -OCH3 is 1. The van der Waals surface area contributed by atoms with Crippen LogP contribution in [-0.4, -0.2) is 38.7 Å². The Morgan fingerprint density at radius 1 is 1.37 bits per heavy atom. The molecule has 1 heterocycles. The fraction of sp³-hybridized carbons (Fsp3) is 0.250. The molecule has 0 atom stereocenters. The molecule has 0 bridgehead atoms. The molecule has 0 aliphatic rings. The minimum absolute atomic E-state index is 0.193. The highest BCUT2D eigenvalue weighted by molar-refractivity contribution is 7.99. The number of aromatic nitrogens is 3. The Bertz CT molecular complexity index is 580. The Kier molecular flexibility index (Phi) is 4.06.